The van der Waals surface area contributed by atoms with Gasteiger partial charge in [-0.05, 0) is 37.2 Å². The van der Waals surface area contributed by atoms with E-state index in [0.29, 0.717) is 5.92 Å². The SMILES string of the molecule is CCC(CNC)C1(c2ccncc2)COC1. The van der Waals surface area contributed by atoms with Gasteiger partial charge in [0, 0.05) is 17.8 Å². The van der Waals surface area contributed by atoms with Crippen LogP contribution in [0.5, 0.6) is 0 Å². The normalized spacial score (nSPS) is 20.1. The van der Waals surface area contributed by atoms with Crippen molar-refractivity contribution in [1.82, 2.24) is 10.3 Å². The maximum absolute atomic E-state index is 5.47. The molecule has 16 heavy (non-hydrogen) atoms. The molecular formula is C13H20N2O. The smallest absolute Gasteiger partial charge is 0.0588 e. The number of aromatic nitrogens is 1. The monoisotopic (exact) mass is 220 g/mol. The summed E-state index contributed by atoms with van der Waals surface area (Å²) in [5.74, 6) is 0.633. The van der Waals surface area contributed by atoms with E-state index in [9.17, 15) is 0 Å². The van der Waals surface area contributed by atoms with E-state index in [2.05, 4.69) is 29.4 Å². The van der Waals surface area contributed by atoms with E-state index in [4.69, 9.17) is 4.74 Å². The van der Waals surface area contributed by atoms with E-state index in [-0.39, 0.29) is 5.41 Å². The lowest BCUT2D eigenvalue weighted by Crippen LogP contribution is -2.54. The fourth-order valence-electron chi connectivity index (χ4n) is 2.62. The number of hydrogen-bond acceptors (Lipinski definition) is 3. The molecule has 1 aromatic heterocycles. The summed E-state index contributed by atoms with van der Waals surface area (Å²) >= 11 is 0. The zero-order valence-corrected chi connectivity index (χ0v) is 10.1. The molecule has 0 radical (unpaired) electrons. The second-order valence-electron chi connectivity index (χ2n) is 4.55. The molecule has 3 heteroatoms. The molecule has 0 bridgehead atoms. The van der Waals surface area contributed by atoms with Crippen LogP contribution < -0.4 is 5.32 Å². The third kappa shape index (κ3) is 1.85. The lowest BCUT2D eigenvalue weighted by molar-refractivity contribution is -0.0910. The van der Waals surface area contributed by atoms with Gasteiger partial charge in [0.25, 0.3) is 0 Å². The van der Waals surface area contributed by atoms with E-state index in [1.54, 1.807) is 0 Å². The highest BCUT2D eigenvalue weighted by molar-refractivity contribution is 5.27. The highest BCUT2D eigenvalue weighted by Crippen LogP contribution is 2.40. The maximum Gasteiger partial charge on any atom is 0.0588 e. The second kappa shape index (κ2) is 4.93. The molecule has 1 atom stereocenters. The summed E-state index contributed by atoms with van der Waals surface area (Å²) in [6, 6.07) is 4.25. The van der Waals surface area contributed by atoms with Crippen molar-refractivity contribution in [2.75, 3.05) is 26.8 Å². The van der Waals surface area contributed by atoms with Crippen LogP contribution in [0.1, 0.15) is 18.9 Å². The molecule has 1 fully saturated rings. The number of nitrogens with zero attached hydrogens (tertiary/aromatic N) is 1. The Hall–Kier alpha value is -0.930. The Morgan fingerprint density at radius 1 is 1.44 bits per heavy atom. The fraction of sp³-hybridized carbons (Fsp3) is 0.615. The van der Waals surface area contributed by atoms with Gasteiger partial charge in [-0.2, -0.15) is 0 Å². The quantitative estimate of drug-likeness (QED) is 0.818. The predicted molar refractivity (Wildman–Crippen MR) is 64.4 cm³/mol. The van der Waals surface area contributed by atoms with Crippen molar-refractivity contribution in [3.8, 4) is 0 Å². The summed E-state index contributed by atoms with van der Waals surface area (Å²) in [7, 11) is 2.02. The molecule has 3 nitrogen and oxygen atoms in total. The molecule has 1 aliphatic rings. The van der Waals surface area contributed by atoms with Gasteiger partial charge in [0.2, 0.25) is 0 Å². The molecule has 0 aromatic carbocycles. The van der Waals surface area contributed by atoms with E-state index < -0.39 is 0 Å². The first-order valence-corrected chi connectivity index (χ1v) is 5.96. The molecule has 88 valence electrons. The van der Waals surface area contributed by atoms with Gasteiger partial charge in [-0.1, -0.05) is 13.3 Å². The summed E-state index contributed by atoms with van der Waals surface area (Å²) in [6.07, 6.45) is 4.93. The van der Waals surface area contributed by atoms with E-state index in [1.165, 1.54) is 12.0 Å². The number of nitrogens with one attached hydrogen (secondary N) is 1. The van der Waals surface area contributed by atoms with Crippen molar-refractivity contribution >= 4 is 0 Å². The van der Waals surface area contributed by atoms with Crippen LogP contribution in [0.3, 0.4) is 0 Å². The molecule has 0 saturated carbocycles. The standard InChI is InChI=1S/C13H20N2O/c1-3-11(8-14-2)13(9-16-10-13)12-4-6-15-7-5-12/h4-7,11,14H,3,8-10H2,1-2H3. The third-order valence-electron chi connectivity index (χ3n) is 3.70. The second-order valence-corrected chi connectivity index (χ2v) is 4.55. The van der Waals surface area contributed by atoms with Crippen LogP contribution in [-0.2, 0) is 10.2 Å². The van der Waals surface area contributed by atoms with Gasteiger partial charge >= 0.3 is 0 Å². The van der Waals surface area contributed by atoms with Gasteiger partial charge in [0.1, 0.15) is 0 Å². The van der Waals surface area contributed by atoms with Crippen LogP contribution in [-0.4, -0.2) is 31.8 Å². The van der Waals surface area contributed by atoms with Crippen LogP contribution in [0.4, 0.5) is 0 Å². The van der Waals surface area contributed by atoms with E-state index in [0.717, 1.165) is 19.8 Å². The van der Waals surface area contributed by atoms with Crippen molar-refractivity contribution in [3.63, 3.8) is 0 Å². The predicted octanol–water partition coefficient (Wildman–Crippen LogP) is 1.60. The molecule has 2 heterocycles. The van der Waals surface area contributed by atoms with Gasteiger partial charge in [0.05, 0.1) is 13.2 Å². The van der Waals surface area contributed by atoms with Crippen molar-refractivity contribution < 1.29 is 4.74 Å². The van der Waals surface area contributed by atoms with E-state index >= 15 is 0 Å². The van der Waals surface area contributed by atoms with Crippen LogP contribution in [0.25, 0.3) is 0 Å². The summed E-state index contributed by atoms with van der Waals surface area (Å²) in [5.41, 5.74) is 1.58. The number of pyridine rings is 1. The number of hydrogen-bond donors (Lipinski definition) is 1. The van der Waals surface area contributed by atoms with Crippen LogP contribution >= 0.6 is 0 Å². The summed E-state index contributed by atoms with van der Waals surface area (Å²) in [6.45, 7) is 4.99. The van der Waals surface area contributed by atoms with Crippen LogP contribution in [0.2, 0.25) is 0 Å². The van der Waals surface area contributed by atoms with Gasteiger partial charge < -0.3 is 10.1 Å². The van der Waals surface area contributed by atoms with Crippen molar-refractivity contribution in [3.05, 3.63) is 30.1 Å². The zero-order valence-electron chi connectivity index (χ0n) is 10.1. The molecule has 1 aromatic rings. The highest BCUT2D eigenvalue weighted by Gasteiger charge is 2.45. The maximum atomic E-state index is 5.47. The highest BCUT2D eigenvalue weighted by atomic mass is 16.5. The minimum absolute atomic E-state index is 0.209. The first-order chi connectivity index (χ1) is 7.83. The van der Waals surface area contributed by atoms with Gasteiger partial charge in [-0.3, -0.25) is 4.98 Å². The Morgan fingerprint density at radius 2 is 2.12 bits per heavy atom. The van der Waals surface area contributed by atoms with Crippen LogP contribution in [0, 0.1) is 5.92 Å². The molecule has 1 N–H and O–H groups in total. The Kier molecular flexibility index (Phi) is 3.56. The first kappa shape index (κ1) is 11.6. The molecule has 0 spiro atoms. The Labute approximate surface area is 97.2 Å². The van der Waals surface area contributed by atoms with E-state index in [1.807, 2.05) is 19.4 Å². The van der Waals surface area contributed by atoms with Gasteiger partial charge in [-0.25, -0.2) is 0 Å². The van der Waals surface area contributed by atoms with Crippen molar-refractivity contribution in [2.45, 2.75) is 18.8 Å². The Morgan fingerprint density at radius 3 is 2.56 bits per heavy atom. The summed E-state index contributed by atoms with van der Waals surface area (Å²) < 4.78 is 5.47. The topological polar surface area (TPSA) is 34.2 Å². The van der Waals surface area contributed by atoms with Gasteiger partial charge in [0.15, 0.2) is 0 Å². The molecule has 1 saturated heterocycles. The van der Waals surface area contributed by atoms with Gasteiger partial charge in [-0.15, -0.1) is 0 Å². The lowest BCUT2D eigenvalue weighted by Gasteiger charge is -2.47. The number of ether oxygens (including phenoxy) is 1. The molecule has 0 aliphatic carbocycles. The fourth-order valence-corrected chi connectivity index (χ4v) is 2.62. The first-order valence-electron chi connectivity index (χ1n) is 5.96. The minimum Gasteiger partial charge on any atom is -0.379 e. The molecule has 0 amide bonds. The Balaban J connectivity index is 2.25. The molecule has 1 unspecified atom stereocenters. The average Bonchev–Trinajstić information content (AvgIpc) is 2.28. The Bertz CT molecular complexity index is 322. The molecular weight excluding hydrogens is 200 g/mol. The third-order valence-corrected chi connectivity index (χ3v) is 3.70. The lowest BCUT2D eigenvalue weighted by atomic mass is 9.68. The van der Waals surface area contributed by atoms with Crippen LogP contribution in [0.15, 0.2) is 24.5 Å². The largest absolute Gasteiger partial charge is 0.379 e. The molecule has 1 aliphatic heterocycles. The summed E-state index contributed by atoms with van der Waals surface area (Å²) in [5, 5.41) is 3.29. The van der Waals surface area contributed by atoms with Crippen molar-refractivity contribution in [2.24, 2.45) is 5.92 Å². The zero-order chi connectivity index (χ0) is 11.4. The summed E-state index contributed by atoms with van der Waals surface area (Å²) in [4.78, 5) is 4.09. The van der Waals surface area contributed by atoms with Crippen molar-refractivity contribution in [1.29, 1.82) is 0 Å². The number of rotatable bonds is 5. The minimum atomic E-state index is 0.209. The molecule has 2 rings (SSSR count). The average molecular weight is 220 g/mol.